The molecule has 1 fully saturated rings. The average Bonchev–Trinajstić information content (AvgIpc) is 3.57. The Labute approximate surface area is 215 Å². The first kappa shape index (κ1) is 26.2. The van der Waals surface area contributed by atoms with Crippen molar-refractivity contribution in [2.75, 3.05) is 25.0 Å². The van der Waals surface area contributed by atoms with Crippen LogP contribution in [0.3, 0.4) is 0 Å². The second-order valence-electron chi connectivity index (χ2n) is 8.53. The molecular weight excluding hydrogens is 511 g/mol. The van der Waals surface area contributed by atoms with Crippen LogP contribution in [-0.2, 0) is 19.8 Å². The minimum atomic E-state index is -4.74. The summed E-state index contributed by atoms with van der Waals surface area (Å²) >= 11 is 6.28. The van der Waals surface area contributed by atoms with Gasteiger partial charge >= 0.3 is 6.18 Å². The lowest BCUT2D eigenvalue weighted by molar-refractivity contribution is -0.141. The van der Waals surface area contributed by atoms with Crippen molar-refractivity contribution in [2.45, 2.75) is 19.1 Å². The Morgan fingerprint density at radius 3 is 2.76 bits per heavy atom. The number of amides is 2. The van der Waals surface area contributed by atoms with Crippen LogP contribution in [0.1, 0.15) is 33.1 Å². The monoisotopic (exact) mass is 533 g/mol. The Kier molecular flexibility index (Phi) is 7.56. The van der Waals surface area contributed by atoms with Crippen molar-refractivity contribution in [2.24, 2.45) is 13.0 Å². The summed E-state index contributed by atoms with van der Waals surface area (Å²) in [7, 11) is 1.41. The number of aromatic nitrogens is 4. The number of nitrogens with zero attached hydrogens (tertiary/aromatic N) is 4. The molecule has 0 radical (unpaired) electrons. The van der Waals surface area contributed by atoms with Crippen molar-refractivity contribution < 1.29 is 22.8 Å². The van der Waals surface area contributed by atoms with E-state index in [0.717, 1.165) is 36.6 Å². The fourth-order valence-corrected chi connectivity index (χ4v) is 4.31. The molecule has 1 aliphatic heterocycles. The smallest absolute Gasteiger partial charge is 0.352 e. The largest absolute Gasteiger partial charge is 0.435 e. The number of hydrogen-bond donors (Lipinski definition) is 3. The van der Waals surface area contributed by atoms with E-state index in [1.54, 1.807) is 0 Å². The van der Waals surface area contributed by atoms with Crippen LogP contribution in [0.5, 0.6) is 0 Å². The summed E-state index contributed by atoms with van der Waals surface area (Å²) < 4.78 is 42.9. The number of halogens is 4. The number of imidazole rings is 1. The Morgan fingerprint density at radius 2 is 2.11 bits per heavy atom. The zero-order valence-electron chi connectivity index (χ0n) is 19.7. The number of hydrogen-bond acceptors (Lipinski definition) is 5. The summed E-state index contributed by atoms with van der Waals surface area (Å²) in [6, 6.07) is 4.41. The molecule has 13 heteroatoms. The SMILES string of the molecule is C#CCn1cc(-c2cnc(C(=O)Nc3ccc(C(=O)NC[C@H]4CCNC4)c(Cl)c3)n2C)c(C(F)(F)F)n1. The maximum atomic E-state index is 13.5. The van der Waals surface area contributed by atoms with Crippen molar-refractivity contribution >= 4 is 29.1 Å². The molecule has 1 saturated heterocycles. The molecule has 3 N–H and O–H groups in total. The van der Waals surface area contributed by atoms with Crippen LogP contribution >= 0.6 is 11.6 Å². The van der Waals surface area contributed by atoms with Crippen LogP contribution in [0.2, 0.25) is 5.02 Å². The van der Waals surface area contributed by atoms with Gasteiger partial charge in [-0.05, 0) is 43.6 Å². The molecule has 2 aromatic heterocycles. The Morgan fingerprint density at radius 1 is 1.32 bits per heavy atom. The summed E-state index contributed by atoms with van der Waals surface area (Å²) in [5.74, 6) is 1.45. The van der Waals surface area contributed by atoms with Crippen molar-refractivity contribution in [3.8, 4) is 23.6 Å². The molecule has 0 bridgehead atoms. The van der Waals surface area contributed by atoms with E-state index in [-0.39, 0.29) is 45.8 Å². The van der Waals surface area contributed by atoms with E-state index >= 15 is 0 Å². The minimum absolute atomic E-state index is 0.0308. The van der Waals surface area contributed by atoms with Crippen LogP contribution in [0.4, 0.5) is 18.9 Å². The van der Waals surface area contributed by atoms with Crippen LogP contribution in [-0.4, -0.2) is 50.8 Å². The normalized spacial score (nSPS) is 15.4. The Balaban J connectivity index is 1.49. The number of terminal acetylenes is 1. The lowest BCUT2D eigenvalue weighted by Gasteiger charge is -2.12. The van der Waals surface area contributed by atoms with E-state index in [2.05, 4.69) is 32.0 Å². The van der Waals surface area contributed by atoms with Gasteiger partial charge in [-0.2, -0.15) is 18.3 Å². The van der Waals surface area contributed by atoms with Crippen LogP contribution in [0.25, 0.3) is 11.3 Å². The number of alkyl halides is 3. The number of carbonyl (C=O) groups is 2. The molecule has 0 aliphatic carbocycles. The van der Waals surface area contributed by atoms with Gasteiger partial charge in [0.1, 0.15) is 6.54 Å². The molecule has 0 spiro atoms. The number of anilines is 1. The minimum Gasteiger partial charge on any atom is -0.352 e. The van der Waals surface area contributed by atoms with Crippen LogP contribution in [0.15, 0.2) is 30.6 Å². The highest BCUT2D eigenvalue weighted by molar-refractivity contribution is 6.34. The third-order valence-electron chi connectivity index (χ3n) is 5.94. The van der Waals surface area contributed by atoms with E-state index in [1.807, 2.05) is 0 Å². The second kappa shape index (κ2) is 10.7. The topological polar surface area (TPSA) is 106 Å². The first-order valence-corrected chi connectivity index (χ1v) is 11.7. The molecule has 2 amide bonds. The average molecular weight is 534 g/mol. The van der Waals surface area contributed by atoms with Gasteiger partial charge in [-0.3, -0.25) is 14.3 Å². The van der Waals surface area contributed by atoms with E-state index in [0.29, 0.717) is 12.5 Å². The van der Waals surface area contributed by atoms with Crippen molar-refractivity contribution in [3.63, 3.8) is 0 Å². The molecule has 3 aromatic rings. The molecule has 1 atom stereocenters. The highest BCUT2D eigenvalue weighted by Gasteiger charge is 2.38. The van der Waals surface area contributed by atoms with Gasteiger partial charge in [-0.25, -0.2) is 4.98 Å². The molecule has 37 heavy (non-hydrogen) atoms. The lowest BCUT2D eigenvalue weighted by Crippen LogP contribution is -2.30. The van der Waals surface area contributed by atoms with Crippen LogP contribution in [0, 0.1) is 18.3 Å². The number of nitrogens with one attached hydrogen (secondary N) is 3. The molecule has 9 nitrogen and oxygen atoms in total. The van der Waals surface area contributed by atoms with E-state index in [4.69, 9.17) is 18.0 Å². The molecule has 0 saturated carbocycles. The van der Waals surface area contributed by atoms with Gasteiger partial charge in [-0.15, -0.1) is 6.42 Å². The summed E-state index contributed by atoms with van der Waals surface area (Å²) in [6.45, 7) is 2.14. The highest BCUT2D eigenvalue weighted by atomic mass is 35.5. The molecule has 194 valence electrons. The summed E-state index contributed by atoms with van der Waals surface area (Å²) in [5.41, 5.74) is -0.822. The standard InChI is InChI=1S/C24H23ClF3N7O2/c1-3-8-35-13-17(20(33-35)24(26,27)28)19-12-30-21(34(19)2)23(37)32-15-4-5-16(18(25)9-15)22(36)31-11-14-6-7-29-10-14/h1,4-5,9,12-14,29H,6-8,10-11H2,2H3,(H,31,36)(H,32,37)/t14-/m0/s1. The highest BCUT2D eigenvalue weighted by Crippen LogP contribution is 2.36. The number of carbonyl (C=O) groups excluding carboxylic acids is 2. The van der Waals surface area contributed by atoms with Gasteiger partial charge in [0.05, 0.1) is 28.0 Å². The molecule has 0 unspecified atom stereocenters. The van der Waals surface area contributed by atoms with Gasteiger partial charge in [0.2, 0.25) is 0 Å². The van der Waals surface area contributed by atoms with Crippen molar-refractivity contribution in [1.29, 1.82) is 0 Å². The molecule has 3 heterocycles. The molecule has 4 rings (SSSR count). The predicted octanol–water partition coefficient (Wildman–Crippen LogP) is 3.18. The zero-order valence-corrected chi connectivity index (χ0v) is 20.5. The second-order valence-corrected chi connectivity index (χ2v) is 8.94. The number of benzene rings is 1. The van der Waals surface area contributed by atoms with Crippen molar-refractivity contribution in [3.05, 3.63) is 52.7 Å². The Hall–Kier alpha value is -3.82. The fourth-order valence-electron chi connectivity index (χ4n) is 4.05. The van der Waals surface area contributed by atoms with E-state index in [9.17, 15) is 22.8 Å². The van der Waals surface area contributed by atoms with E-state index < -0.39 is 17.8 Å². The zero-order chi connectivity index (χ0) is 26.7. The van der Waals surface area contributed by atoms with E-state index in [1.165, 1.54) is 29.8 Å². The molecule has 1 aliphatic rings. The van der Waals surface area contributed by atoms with Gasteiger partial charge in [0, 0.05) is 25.5 Å². The molecule has 1 aromatic carbocycles. The summed E-state index contributed by atoms with van der Waals surface area (Å²) in [4.78, 5) is 29.3. The van der Waals surface area contributed by atoms with Gasteiger partial charge in [-0.1, -0.05) is 17.5 Å². The molecular formula is C24H23ClF3N7O2. The third-order valence-corrected chi connectivity index (χ3v) is 6.25. The first-order chi connectivity index (χ1) is 17.6. The lowest BCUT2D eigenvalue weighted by atomic mass is 10.1. The first-order valence-electron chi connectivity index (χ1n) is 11.3. The Bertz CT molecular complexity index is 1370. The maximum absolute atomic E-state index is 13.5. The fraction of sp³-hybridized carbons (Fsp3) is 0.333. The number of rotatable bonds is 7. The maximum Gasteiger partial charge on any atom is 0.435 e. The third kappa shape index (κ3) is 5.79. The van der Waals surface area contributed by atoms with Crippen molar-refractivity contribution in [1.82, 2.24) is 30.0 Å². The summed E-state index contributed by atoms with van der Waals surface area (Å²) in [6.07, 6.45) is 3.76. The summed E-state index contributed by atoms with van der Waals surface area (Å²) in [5, 5.41) is 12.4. The van der Waals surface area contributed by atoms with Crippen LogP contribution < -0.4 is 16.0 Å². The predicted molar refractivity (Wildman–Crippen MR) is 131 cm³/mol. The van der Waals surface area contributed by atoms with Gasteiger partial charge in [0.15, 0.2) is 11.5 Å². The van der Waals surface area contributed by atoms with Gasteiger partial charge < -0.3 is 20.5 Å². The van der Waals surface area contributed by atoms with Gasteiger partial charge in [0.25, 0.3) is 11.8 Å². The quantitative estimate of drug-likeness (QED) is 0.405.